The Balaban J connectivity index is 2.14. The van der Waals surface area contributed by atoms with Crippen LogP contribution in [0.4, 0.5) is 0 Å². The average Bonchev–Trinajstić information content (AvgIpc) is 2.87. The molecule has 0 atom stereocenters. The van der Waals surface area contributed by atoms with Gasteiger partial charge >= 0.3 is 11.9 Å². The number of aromatic nitrogens is 2. The molecule has 1 aliphatic heterocycles. The first-order valence-electron chi connectivity index (χ1n) is 6.68. The second-order valence-corrected chi connectivity index (χ2v) is 4.58. The van der Waals surface area contributed by atoms with Crippen molar-refractivity contribution in [3.63, 3.8) is 0 Å². The average molecular weight is 286 g/mol. The van der Waals surface area contributed by atoms with E-state index in [1.807, 2.05) is 30.3 Å². The van der Waals surface area contributed by atoms with E-state index in [0.717, 1.165) is 5.56 Å². The zero-order chi connectivity index (χ0) is 14.8. The van der Waals surface area contributed by atoms with Crippen molar-refractivity contribution in [3.8, 4) is 11.3 Å². The molecule has 108 valence electrons. The van der Waals surface area contributed by atoms with E-state index in [1.165, 1.54) is 4.68 Å². The number of fused-ring (bicyclic) bond motifs is 1. The van der Waals surface area contributed by atoms with Gasteiger partial charge in [-0.15, -0.1) is 0 Å². The molecule has 0 saturated carbocycles. The molecule has 0 radical (unpaired) electrons. The van der Waals surface area contributed by atoms with Gasteiger partial charge in [-0.3, -0.25) is 9.48 Å². The maximum Gasteiger partial charge on any atom is 0.342 e. The van der Waals surface area contributed by atoms with Gasteiger partial charge in [0.1, 0.15) is 24.4 Å². The molecule has 3 rings (SSSR count). The summed E-state index contributed by atoms with van der Waals surface area (Å²) in [5.41, 5.74) is 2.26. The number of nitrogens with zero attached hydrogens (tertiary/aromatic N) is 2. The van der Waals surface area contributed by atoms with E-state index in [1.54, 1.807) is 6.92 Å². The Hall–Kier alpha value is -2.63. The number of benzene rings is 1. The summed E-state index contributed by atoms with van der Waals surface area (Å²) < 4.78 is 11.6. The van der Waals surface area contributed by atoms with Crippen molar-refractivity contribution in [2.24, 2.45) is 0 Å². The van der Waals surface area contributed by atoms with Crippen LogP contribution in [0.1, 0.15) is 23.0 Å². The molecule has 6 heteroatoms. The molecule has 1 aromatic heterocycles. The molecule has 2 aromatic rings. The van der Waals surface area contributed by atoms with Crippen molar-refractivity contribution in [3.05, 3.63) is 41.6 Å². The van der Waals surface area contributed by atoms with Crippen molar-refractivity contribution >= 4 is 11.9 Å². The number of hydrogen-bond donors (Lipinski definition) is 0. The quantitative estimate of drug-likeness (QED) is 0.804. The van der Waals surface area contributed by atoms with Gasteiger partial charge in [0.05, 0.1) is 12.3 Å². The molecular weight excluding hydrogens is 272 g/mol. The minimum Gasteiger partial charge on any atom is -0.462 e. The van der Waals surface area contributed by atoms with Crippen LogP contribution in [-0.4, -0.2) is 28.3 Å². The zero-order valence-electron chi connectivity index (χ0n) is 11.5. The highest BCUT2D eigenvalue weighted by Gasteiger charge is 2.29. The SMILES string of the molecule is CCOC(=O)c1c(-c2ccccc2)nn2c1COC(=O)C2. The van der Waals surface area contributed by atoms with Crippen LogP contribution in [0.25, 0.3) is 11.3 Å². The number of esters is 2. The van der Waals surface area contributed by atoms with Crippen LogP contribution in [0, 0.1) is 0 Å². The minimum absolute atomic E-state index is 0.00850. The molecular formula is C15H14N2O4. The molecule has 0 amide bonds. The molecule has 0 unspecified atom stereocenters. The van der Waals surface area contributed by atoms with Crippen LogP contribution < -0.4 is 0 Å². The Morgan fingerprint density at radius 2 is 2.14 bits per heavy atom. The van der Waals surface area contributed by atoms with Crippen molar-refractivity contribution < 1.29 is 19.1 Å². The summed E-state index contributed by atoms with van der Waals surface area (Å²) >= 11 is 0. The summed E-state index contributed by atoms with van der Waals surface area (Å²) in [5, 5.41) is 4.39. The van der Waals surface area contributed by atoms with Crippen LogP contribution in [0.2, 0.25) is 0 Å². The highest BCUT2D eigenvalue weighted by molar-refractivity contribution is 5.97. The van der Waals surface area contributed by atoms with E-state index in [4.69, 9.17) is 9.47 Å². The third kappa shape index (κ3) is 2.40. The van der Waals surface area contributed by atoms with Gasteiger partial charge < -0.3 is 9.47 Å². The van der Waals surface area contributed by atoms with Crippen LogP contribution >= 0.6 is 0 Å². The minimum atomic E-state index is -0.449. The number of rotatable bonds is 3. The Morgan fingerprint density at radius 3 is 2.86 bits per heavy atom. The molecule has 0 N–H and O–H groups in total. The van der Waals surface area contributed by atoms with Gasteiger partial charge in [-0.1, -0.05) is 30.3 Å². The predicted molar refractivity (Wildman–Crippen MR) is 73.4 cm³/mol. The Kier molecular flexibility index (Phi) is 3.43. The van der Waals surface area contributed by atoms with E-state index < -0.39 is 5.97 Å². The van der Waals surface area contributed by atoms with E-state index in [0.29, 0.717) is 17.0 Å². The van der Waals surface area contributed by atoms with Gasteiger partial charge in [0, 0.05) is 5.56 Å². The van der Waals surface area contributed by atoms with Crippen LogP contribution in [0.15, 0.2) is 30.3 Å². The normalized spacial score (nSPS) is 13.5. The first-order valence-corrected chi connectivity index (χ1v) is 6.68. The van der Waals surface area contributed by atoms with Gasteiger partial charge in [0.15, 0.2) is 0 Å². The molecule has 1 aliphatic rings. The topological polar surface area (TPSA) is 70.4 Å². The third-order valence-electron chi connectivity index (χ3n) is 3.23. The fraction of sp³-hybridized carbons (Fsp3) is 0.267. The first-order chi connectivity index (χ1) is 10.2. The van der Waals surface area contributed by atoms with E-state index in [-0.39, 0.29) is 25.7 Å². The predicted octanol–water partition coefficient (Wildman–Crippen LogP) is 1.78. The van der Waals surface area contributed by atoms with Crippen molar-refractivity contribution in [2.75, 3.05) is 6.61 Å². The lowest BCUT2D eigenvalue weighted by Gasteiger charge is -2.14. The molecule has 0 saturated heterocycles. The van der Waals surface area contributed by atoms with Gasteiger partial charge in [0.25, 0.3) is 0 Å². The van der Waals surface area contributed by atoms with Gasteiger partial charge in [-0.25, -0.2) is 4.79 Å². The van der Waals surface area contributed by atoms with Gasteiger partial charge in [0.2, 0.25) is 0 Å². The summed E-state index contributed by atoms with van der Waals surface area (Å²) in [7, 11) is 0. The van der Waals surface area contributed by atoms with Crippen molar-refractivity contribution in [2.45, 2.75) is 20.1 Å². The number of hydrogen-bond acceptors (Lipinski definition) is 5. The number of carbonyl (C=O) groups excluding carboxylic acids is 2. The van der Waals surface area contributed by atoms with Gasteiger partial charge in [-0.05, 0) is 6.92 Å². The largest absolute Gasteiger partial charge is 0.462 e. The molecule has 6 nitrogen and oxygen atoms in total. The molecule has 2 heterocycles. The summed E-state index contributed by atoms with van der Waals surface area (Å²) in [6.45, 7) is 2.06. The van der Waals surface area contributed by atoms with Crippen LogP contribution in [-0.2, 0) is 27.4 Å². The lowest BCUT2D eigenvalue weighted by Crippen LogP contribution is -2.24. The highest BCUT2D eigenvalue weighted by atomic mass is 16.5. The maximum atomic E-state index is 12.2. The molecule has 0 bridgehead atoms. The summed E-state index contributed by atoms with van der Waals surface area (Å²) in [6.07, 6.45) is 0. The van der Waals surface area contributed by atoms with E-state index >= 15 is 0 Å². The molecule has 21 heavy (non-hydrogen) atoms. The highest BCUT2D eigenvalue weighted by Crippen LogP contribution is 2.28. The summed E-state index contributed by atoms with van der Waals surface area (Å²) in [5.74, 6) is -0.810. The lowest BCUT2D eigenvalue weighted by molar-refractivity contribution is -0.148. The smallest absolute Gasteiger partial charge is 0.342 e. The third-order valence-corrected chi connectivity index (χ3v) is 3.23. The molecule has 0 aliphatic carbocycles. The van der Waals surface area contributed by atoms with Crippen molar-refractivity contribution in [1.82, 2.24) is 9.78 Å². The Labute approximate surface area is 121 Å². The number of carbonyl (C=O) groups is 2. The Morgan fingerprint density at radius 1 is 1.38 bits per heavy atom. The summed E-state index contributed by atoms with van der Waals surface area (Å²) in [6, 6.07) is 9.34. The number of cyclic esters (lactones) is 1. The zero-order valence-corrected chi connectivity index (χ0v) is 11.5. The lowest BCUT2D eigenvalue weighted by atomic mass is 10.1. The number of ether oxygens (including phenoxy) is 2. The second kappa shape index (κ2) is 5.40. The standard InChI is InChI=1S/C15H14N2O4/c1-2-20-15(19)13-11-9-21-12(18)8-17(11)16-14(13)10-6-4-3-5-7-10/h3-7H,2,8-9H2,1H3. The Bertz CT molecular complexity index is 691. The second-order valence-electron chi connectivity index (χ2n) is 4.58. The fourth-order valence-corrected chi connectivity index (χ4v) is 2.31. The van der Waals surface area contributed by atoms with E-state index in [9.17, 15) is 9.59 Å². The summed E-state index contributed by atoms with van der Waals surface area (Å²) in [4.78, 5) is 23.6. The molecule has 1 aromatic carbocycles. The van der Waals surface area contributed by atoms with Crippen LogP contribution in [0.5, 0.6) is 0 Å². The van der Waals surface area contributed by atoms with E-state index in [2.05, 4.69) is 5.10 Å². The first kappa shape index (κ1) is 13.4. The molecule has 0 spiro atoms. The maximum absolute atomic E-state index is 12.2. The van der Waals surface area contributed by atoms with Crippen molar-refractivity contribution in [1.29, 1.82) is 0 Å². The monoisotopic (exact) mass is 286 g/mol. The molecule has 0 fully saturated rings. The van der Waals surface area contributed by atoms with Crippen LogP contribution in [0.3, 0.4) is 0 Å². The fourth-order valence-electron chi connectivity index (χ4n) is 2.31. The van der Waals surface area contributed by atoms with Gasteiger partial charge in [-0.2, -0.15) is 5.10 Å².